The number of anilines is 1. The second-order valence-electron chi connectivity index (χ2n) is 6.64. The quantitative estimate of drug-likeness (QED) is 0.926. The maximum absolute atomic E-state index is 12.6. The van der Waals surface area contributed by atoms with Crippen LogP contribution in [0.3, 0.4) is 0 Å². The highest BCUT2D eigenvalue weighted by Gasteiger charge is 2.48. The Labute approximate surface area is 142 Å². The molecule has 0 saturated carbocycles. The first-order valence-corrected chi connectivity index (χ1v) is 8.59. The summed E-state index contributed by atoms with van der Waals surface area (Å²) < 4.78 is 5.55. The van der Waals surface area contributed by atoms with Gasteiger partial charge < -0.3 is 19.9 Å². The monoisotopic (exact) mass is 331 g/mol. The molecule has 0 aromatic heterocycles. The molecular weight excluding hydrogens is 306 g/mol. The molecule has 2 heterocycles. The number of rotatable bonds is 3. The summed E-state index contributed by atoms with van der Waals surface area (Å²) in [6.45, 7) is 4.38. The number of para-hydroxylation sites is 2. The highest BCUT2D eigenvalue weighted by molar-refractivity contribution is 5.92. The van der Waals surface area contributed by atoms with Crippen LogP contribution in [0.5, 0.6) is 5.75 Å². The molecule has 24 heavy (non-hydrogen) atoms. The zero-order valence-corrected chi connectivity index (χ0v) is 14.4. The third kappa shape index (κ3) is 3.05. The summed E-state index contributed by atoms with van der Waals surface area (Å²) in [5.74, 6) is 0.842. The number of hydrogen-bond donors (Lipinski definition) is 1. The van der Waals surface area contributed by atoms with E-state index in [4.69, 9.17) is 4.74 Å². The molecule has 2 aliphatic heterocycles. The predicted molar refractivity (Wildman–Crippen MR) is 92.1 cm³/mol. The van der Waals surface area contributed by atoms with E-state index in [0.717, 1.165) is 25.8 Å². The van der Waals surface area contributed by atoms with E-state index in [0.29, 0.717) is 31.1 Å². The van der Waals surface area contributed by atoms with Gasteiger partial charge in [0.05, 0.1) is 17.7 Å². The largest absolute Gasteiger partial charge is 0.492 e. The minimum Gasteiger partial charge on any atom is -0.492 e. The molecule has 0 radical (unpaired) electrons. The van der Waals surface area contributed by atoms with E-state index in [1.54, 1.807) is 9.80 Å². The number of carbonyl (C=O) groups is 2. The number of ether oxygens (including phenoxy) is 1. The van der Waals surface area contributed by atoms with Crippen molar-refractivity contribution in [3.63, 3.8) is 0 Å². The molecule has 1 aromatic carbocycles. The number of urea groups is 1. The average Bonchev–Trinajstić information content (AvgIpc) is 3.00. The summed E-state index contributed by atoms with van der Waals surface area (Å²) in [4.78, 5) is 28.7. The van der Waals surface area contributed by atoms with Gasteiger partial charge in [0.1, 0.15) is 5.75 Å². The lowest BCUT2D eigenvalue weighted by molar-refractivity contribution is -0.143. The third-order valence-corrected chi connectivity index (χ3v) is 5.02. The number of benzene rings is 1. The predicted octanol–water partition coefficient (Wildman–Crippen LogP) is 2.56. The van der Waals surface area contributed by atoms with Crippen LogP contribution in [0.1, 0.15) is 26.2 Å². The number of nitrogens with one attached hydrogen (secondary N) is 1. The SMILES string of the molecule is CCOc1ccccc1NC(=O)N1CCC2(CCCN(C)C2=O)C1. The number of carbonyl (C=O) groups excluding carboxylic acids is 2. The molecule has 3 amide bonds. The van der Waals surface area contributed by atoms with Crippen LogP contribution < -0.4 is 10.1 Å². The molecular formula is C18H25N3O3. The third-order valence-electron chi connectivity index (χ3n) is 5.02. The van der Waals surface area contributed by atoms with Crippen molar-refractivity contribution in [1.82, 2.24) is 9.80 Å². The van der Waals surface area contributed by atoms with Gasteiger partial charge in [-0.05, 0) is 38.3 Å². The molecule has 1 unspecified atom stereocenters. The van der Waals surface area contributed by atoms with E-state index in [1.165, 1.54) is 0 Å². The Morgan fingerprint density at radius 1 is 1.29 bits per heavy atom. The van der Waals surface area contributed by atoms with Crippen molar-refractivity contribution in [2.24, 2.45) is 5.41 Å². The Morgan fingerprint density at radius 2 is 2.08 bits per heavy atom. The van der Waals surface area contributed by atoms with Crippen molar-refractivity contribution < 1.29 is 14.3 Å². The Kier molecular flexibility index (Phi) is 4.64. The van der Waals surface area contributed by atoms with Crippen LogP contribution in [-0.2, 0) is 4.79 Å². The summed E-state index contributed by atoms with van der Waals surface area (Å²) in [7, 11) is 1.85. The molecule has 6 nitrogen and oxygen atoms in total. The van der Waals surface area contributed by atoms with Gasteiger partial charge in [-0.25, -0.2) is 4.79 Å². The maximum atomic E-state index is 12.6. The second-order valence-corrected chi connectivity index (χ2v) is 6.64. The lowest BCUT2D eigenvalue weighted by Crippen LogP contribution is -2.49. The Bertz CT molecular complexity index is 634. The van der Waals surface area contributed by atoms with Crippen LogP contribution in [0.4, 0.5) is 10.5 Å². The number of likely N-dealkylation sites (tertiary alicyclic amines) is 2. The summed E-state index contributed by atoms with van der Waals surface area (Å²) in [6.07, 6.45) is 2.62. The van der Waals surface area contributed by atoms with Crippen molar-refractivity contribution in [3.8, 4) is 5.75 Å². The fourth-order valence-electron chi connectivity index (χ4n) is 3.74. The first kappa shape index (κ1) is 16.6. The molecule has 3 rings (SSSR count). The number of amides is 3. The first-order valence-electron chi connectivity index (χ1n) is 8.59. The molecule has 1 N–H and O–H groups in total. The summed E-state index contributed by atoms with van der Waals surface area (Å²) in [6, 6.07) is 7.24. The summed E-state index contributed by atoms with van der Waals surface area (Å²) in [5, 5.41) is 2.92. The number of hydrogen-bond acceptors (Lipinski definition) is 3. The fourth-order valence-corrected chi connectivity index (χ4v) is 3.74. The van der Waals surface area contributed by atoms with Gasteiger partial charge in [0.25, 0.3) is 0 Å². The second kappa shape index (κ2) is 6.71. The van der Waals surface area contributed by atoms with Gasteiger partial charge in [0.15, 0.2) is 0 Å². The fraction of sp³-hybridized carbons (Fsp3) is 0.556. The van der Waals surface area contributed by atoms with E-state index in [-0.39, 0.29) is 17.4 Å². The molecule has 2 aliphatic rings. The maximum Gasteiger partial charge on any atom is 0.321 e. The average molecular weight is 331 g/mol. The highest BCUT2D eigenvalue weighted by Crippen LogP contribution is 2.40. The molecule has 0 aliphatic carbocycles. The van der Waals surface area contributed by atoms with Gasteiger partial charge in [-0.1, -0.05) is 12.1 Å². The minimum atomic E-state index is -0.385. The zero-order chi connectivity index (χ0) is 17.2. The van der Waals surface area contributed by atoms with Crippen LogP contribution in [0.15, 0.2) is 24.3 Å². The standard InChI is InChI=1S/C18H25N3O3/c1-3-24-15-8-5-4-7-14(15)19-17(23)21-12-10-18(13-21)9-6-11-20(2)16(18)22/h4-5,7-8H,3,6,9-13H2,1-2H3,(H,19,23). The zero-order valence-electron chi connectivity index (χ0n) is 14.4. The van der Waals surface area contributed by atoms with E-state index in [1.807, 2.05) is 38.2 Å². The van der Waals surface area contributed by atoms with Crippen molar-refractivity contribution in [3.05, 3.63) is 24.3 Å². The van der Waals surface area contributed by atoms with E-state index in [9.17, 15) is 9.59 Å². The first-order chi connectivity index (χ1) is 11.6. The lowest BCUT2D eigenvalue weighted by Gasteiger charge is -2.37. The smallest absolute Gasteiger partial charge is 0.321 e. The van der Waals surface area contributed by atoms with Crippen LogP contribution in [0, 0.1) is 5.41 Å². The summed E-state index contributed by atoms with van der Waals surface area (Å²) >= 11 is 0. The molecule has 2 saturated heterocycles. The van der Waals surface area contributed by atoms with Gasteiger partial charge in [-0.3, -0.25) is 4.79 Å². The van der Waals surface area contributed by atoms with Gasteiger partial charge in [0, 0.05) is 26.7 Å². The van der Waals surface area contributed by atoms with E-state index in [2.05, 4.69) is 5.32 Å². The molecule has 1 spiro atoms. The van der Waals surface area contributed by atoms with Crippen LogP contribution in [0.25, 0.3) is 0 Å². The Balaban J connectivity index is 1.68. The van der Waals surface area contributed by atoms with Crippen molar-refractivity contribution in [2.75, 3.05) is 38.6 Å². The molecule has 6 heteroatoms. The van der Waals surface area contributed by atoms with Gasteiger partial charge in [0.2, 0.25) is 5.91 Å². The van der Waals surface area contributed by atoms with Crippen molar-refractivity contribution >= 4 is 17.6 Å². The van der Waals surface area contributed by atoms with Gasteiger partial charge in [-0.15, -0.1) is 0 Å². The molecule has 2 fully saturated rings. The molecule has 1 atom stereocenters. The minimum absolute atomic E-state index is 0.167. The van der Waals surface area contributed by atoms with Crippen molar-refractivity contribution in [1.29, 1.82) is 0 Å². The van der Waals surface area contributed by atoms with Crippen LogP contribution >= 0.6 is 0 Å². The number of piperidine rings is 1. The van der Waals surface area contributed by atoms with Gasteiger partial charge >= 0.3 is 6.03 Å². The van der Waals surface area contributed by atoms with Crippen molar-refractivity contribution in [2.45, 2.75) is 26.2 Å². The summed E-state index contributed by atoms with van der Waals surface area (Å²) in [5.41, 5.74) is 0.279. The molecule has 1 aromatic rings. The van der Waals surface area contributed by atoms with Crippen LogP contribution in [-0.4, -0.2) is 55.0 Å². The Hall–Kier alpha value is -2.24. The van der Waals surface area contributed by atoms with E-state index >= 15 is 0 Å². The van der Waals surface area contributed by atoms with E-state index < -0.39 is 0 Å². The molecule has 0 bridgehead atoms. The lowest BCUT2D eigenvalue weighted by atomic mass is 9.78. The normalized spacial score (nSPS) is 23.7. The Morgan fingerprint density at radius 3 is 2.88 bits per heavy atom. The topological polar surface area (TPSA) is 61.9 Å². The molecule has 130 valence electrons. The number of nitrogens with zero attached hydrogens (tertiary/aromatic N) is 2. The highest BCUT2D eigenvalue weighted by atomic mass is 16.5. The van der Waals surface area contributed by atoms with Gasteiger partial charge in [-0.2, -0.15) is 0 Å². The van der Waals surface area contributed by atoms with Crippen LogP contribution in [0.2, 0.25) is 0 Å².